The van der Waals surface area contributed by atoms with Gasteiger partial charge in [-0.25, -0.2) is 4.39 Å². The first-order valence-corrected chi connectivity index (χ1v) is 7.30. The highest BCUT2D eigenvalue weighted by Crippen LogP contribution is 2.49. The summed E-state index contributed by atoms with van der Waals surface area (Å²) in [5, 5.41) is 9.66. The van der Waals surface area contributed by atoms with Gasteiger partial charge in [0.1, 0.15) is 0 Å². The molecule has 6 heteroatoms. The van der Waals surface area contributed by atoms with Crippen LogP contribution in [-0.4, -0.2) is 11.3 Å². The van der Waals surface area contributed by atoms with Crippen LogP contribution in [-0.2, 0) is 0 Å². The van der Waals surface area contributed by atoms with Gasteiger partial charge < -0.3 is 5.11 Å². The Morgan fingerprint density at radius 2 is 1.80 bits per heavy atom. The van der Waals surface area contributed by atoms with E-state index in [1.54, 1.807) is 0 Å². The zero-order valence-corrected chi connectivity index (χ0v) is 13.1. The van der Waals surface area contributed by atoms with Gasteiger partial charge in [-0.2, -0.15) is 13.2 Å². The van der Waals surface area contributed by atoms with Gasteiger partial charge in [-0.1, -0.05) is 29.8 Å². The summed E-state index contributed by atoms with van der Waals surface area (Å²) in [6, 6.07) is 1.40. The number of phenolic OH excluding ortho intramolecular Hbond substituents is 1. The average molecular weight is 357 g/mol. The highest BCUT2D eigenvalue weighted by Gasteiger charge is 2.41. The third-order valence-corrected chi connectivity index (χ3v) is 3.85. The Balaban J connectivity index is 0.000000956. The van der Waals surface area contributed by atoms with Gasteiger partial charge in [-0.05, 0) is 31.7 Å². The Hall–Kier alpha value is -0.780. The minimum absolute atomic E-state index is 0.0597. The van der Waals surface area contributed by atoms with E-state index in [-0.39, 0.29) is 10.4 Å². The van der Waals surface area contributed by atoms with Crippen molar-refractivity contribution in [1.29, 1.82) is 0 Å². The molecule has 0 spiro atoms. The molecule has 1 aromatic rings. The molecule has 1 N–H and O–H groups in total. The SMILES string of the molecule is CC.CC(c1c(Br)cc(C2CC2)c(O)c1F)C(F)(F)F. The maximum absolute atomic E-state index is 13.9. The molecule has 0 aliphatic heterocycles. The van der Waals surface area contributed by atoms with Crippen LogP contribution in [0.25, 0.3) is 0 Å². The smallest absolute Gasteiger partial charge is 0.395 e. The van der Waals surface area contributed by atoms with Crippen molar-refractivity contribution in [1.82, 2.24) is 0 Å². The van der Waals surface area contributed by atoms with Crippen molar-refractivity contribution in [3.8, 4) is 5.75 Å². The Morgan fingerprint density at radius 3 is 2.20 bits per heavy atom. The molecule has 0 bridgehead atoms. The van der Waals surface area contributed by atoms with E-state index in [1.165, 1.54) is 6.07 Å². The third kappa shape index (κ3) is 3.45. The molecule has 1 aliphatic carbocycles. The fraction of sp³-hybridized carbons (Fsp3) is 0.571. The number of hydrogen-bond acceptors (Lipinski definition) is 1. The molecular weight excluding hydrogens is 340 g/mol. The zero-order chi connectivity index (χ0) is 15.7. The van der Waals surface area contributed by atoms with Crippen molar-refractivity contribution in [2.75, 3.05) is 0 Å². The number of halogens is 5. The van der Waals surface area contributed by atoms with Gasteiger partial charge in [0.2, 0.25) is 0 Å². The van der Waals surface area contributed by atoms with Crippen LogP contribution in [0.1, 0.15) is 56.6 Å². The van der Waals surface area contributed by atoms with Gasteiger partial charge >= 0.3 is 6.18 Å². The fourth-order valence-corrected chi connectivity index (χ4v) is 2.67. The Bertz CT molecular complexity index is 481. The van der Waals surface area contributed by atoms with Crippen LogP contribution < -0.4 is 0 Å². The number of alkyl halides is 3. The lowest BCUT2D eigenvalue weighted by atomic mass is 9.96. The minimum atomic E-state index is -4.54. The van der Waals surface area contributed by atoms with E-state index >= 15 is 0 Å². The molecule has 0 saturated heterocycles. The number of phenols is 1. The maximum atomic E-state index is 13.9. The van der Waals surface area contributed by atoms with Gasteiger partial charge in [-0.3, -0.25) is 0 Å². The number of aromatic hydroxyl groups is 1. The summed E-state index contributed by atoms with van der Waals surface area (Å²) >= 11 is 2.97. The molecule has 1 atom stereocenters. The van der Waals surface area contributed by atoms with Gasteiger partial charge in [0.25, 0.3) is 0 Å². The second-order valence-corrected chi connectivity index (χ2v) is 5.42. The molecule has 0 aromatic heterocycles. The van der Waals surface area contributed by atoms with Crippen molar-refractivity contribution >= 4 is 15.9 Å². The summed E-state index contributed by atoms with van der Waals surface area (Å²) < 4.78 is 51.9. The van der Waals surface area contributed by atoms with Crippen molar-refractivity contribution in [3.05, 3.63) is 27.5 Å². The lowest BCUT2D eigenvalue weighted by Crippen LogP contribution is -2.19. The quantitative estimate of drug-likeness (QED) is 0.657. The van der Waals surface area contributed by atoms with Crippen LogP contribution in [0.2, 0.25) is 0 Å². The monoisotopic (exact) mass is 356 g/mol. The largest absolute Gasteiger partial charge is 0.505 e. The molecule has 1 unspecified atom stereocenters. The van der Waals surface area contributed by atoms with Crippen LogP contribution >= 0.6 is 15.9 Å². The lowest BCUT2D eigenvalue weighted by Gasteiger charge is -2.20. The molecule has 1 fully saturated rings. The van der Waals surface area contributed by atoms with Crippen LogP contribution in [0.15, 0.2) is 10.5 Å². The Labute approximate surface area is 124 Å². The predicted octanol–water partition coefficient (Wildman–Crippen LogP) is 5.86. The molecule has 0 heterocycles. The Kier molecular flexibility index (Phi) is 5.46. The minimum Gasteiger partial charge on any atom is -0.505 e. The second-order valence-electron chi connectivity index (χ2n) is 4.56. The molecule has 1 aliphatic rings. The normalized spacial score (nSPS) is 16.4. The number of benzene rings is 1. The van der Waals surface area contributed by atoms with Crippen LogP contribution in [0.4, 0.5) is 17.6 Å². The molecule has 0 amide bonds. The highest BCUT2D eigenvalue weighted by molar-refractivity contribution is 9.10. The van der Waals surface area contributed by atoms with E-state index in [0.717, 1.165) is 19.8 Å². The van der Waals surface area contributed by atoms with Gasteiger partial charge in [0.05, 0.1) is 5.92 Å². The first-order valence-electron chi connectivity index (χ1n) is 6.51. The van der Waals surface area contributed by atoms with Crippen molar-refractivity contribution in [2.45, 2.75) is 51.6 Å². The Morgan fingerprint density at radius 1 is 1.30 bits per heavy atom. The molecule has 1 aromatic carbocycles. The van der Waals surface area contributed by atoms with Gasteiger partial charge in [0.15, 0.2) is 11.6 Å². The topological polar surface area (TPSA) is 20.2 Å². The first kappa shape index (κ1) is 17.3. The first-order chi connectivity index (χ1) is 9.23. The van der Waals surface area contributed by atoms with Gasteiger partial charge in [-0.15, -0.1) is 0 Å². The van der Waals surface area contributed by atoms with E-state index < -0.39 is 29.2 Å². The highest BCUT2D eigenvalue weighted by atomic mass is 79.9. The third-order valence-electron chi connectivity index (χ3n) is 3.20. The molecule has 1 nitrogen and oxygen atoms in total. The second kappa shape index (κ2) is 6.33. The molecule has 2 rings (SSSR count). The molecular formula is C14H17BrF4O. The summed E-state index contributed by atoms with van der Waals surface area (Å²) in [6.45, 7) is 4.87. The van der Waals surface area contributed by atoms with Crippen LogP contribution in [0.5, 0.6) is 5.75 Å². The summed E-state index contributed by atoms with van der Waals surface area (Å²) in [6.07, 6.45) is -2.89. The van der Waals surface area contributed by atoms with Crippen LogP contribution in [0.3, 0.4) is 0 Å². The molecule has 114 valence electrons. The molecule has 20 heavy (non-hydrogen) atoms. The molecule has 0 radical (unpaired) electrons. The van der Waals surface area contributed by atoms with E-state index in [4.69, 9.17) is 0 Å². The van der Waals surface area contributed by atoms with Crippen LogP contribution in [0, 0.1) is 5.82 Å². The molecule has 1 saturated carbocycles. The van der Waals surface area contributed by atoms with E-state index in [9.17, 15) is 22.7 Å². The van der Waals surface area contributed by atoms with E-state index in [1.807, 2.05) is 13.8 Å². The number of rotatable bonds is 2. The summed E-state index contributed by atoms with van der Waals surface area (Å²) in [7, 11) is 0. The van der Waals surface area contributed by atoms with E-state index in [2.05, 4.69) is 15.9 Å². The van der Waals surface area contributed by atoms with E-state index in [0.29, 0.717) is 5.56 Å². The van der Waals surface area contributed by atoms with Crippen molar-refractivity contribution in [3.63, 3.8) is 0 Å². The van der Waals surface area contributed by atoms with Gasteiger partial charge in [0, 0.05) is 15.6 Å². The standard InChI is InChI=1S/C12H11BrF4O.C2H6/c1-5(12(15,16)17)9-8(13)4-7(6-2-3-6)11(18)10(9)14;1-2/h4-6,18H,2-3H2,1H3;1-2H3. The predicted molar refractivity (Wildman–Crippen MR) is 73.6 cm³/mol. The lowest BCUT2D eigenvalue weighted by molar-refractivity contribution is -0.147. The maximum Gasteiger partial charge on any atom is 0.395 e. The summed E-state index contributed by atoms with van der Waals surface area (Å²) in [5.74, 6) is -3.72. The van der Waals surface area contributed by atoms with Crippen molar-refractivity contribution < 1.29 is 22.7 Å². The zero-order valence-electron chi connectivity index (χ0n) is 11.5. The summed E-state index contributed by atoms with van der Waals surface area (Å²) in [5.41, 5.74) is -0.151. The fourth-order valence-electron chi connectivity index (χ4n) is 1.91. The van der Waals surface area contributed by atoms with Crippen molar-refractivity contribution in [2.24, 2.45) is 0 Å². The average Bonchev–Trinajstić information content (AvgIpc) is 3.19. The summed E-state index contributed by atoms with van der Waals surface area (Å²) in [4.78, 5) is 0. The number of hydrogen-bond donors (Lipinski definition) is 1.